The highest BCUT2D eigenvalue weighted by Crippen LogP contribution is 2.35. The number of ether oxygens (including phenoxy) is 8. The summed E-state index contributed by atoms with van der Waals surface area (Å²) in [7, 11) is 0. The van der Waals surface area contributed by atoms with E-state index in [1.807, 2.05) is 0 Å². The molecule has 29 nitrogen and oxygen atoms in total. The van der Waals surface area contributed by atoms with Gasteiger partial charge in [-0.05, 0) is 31.0 Å². The number of hydrogen-bond acceptors (Lipinski definition) is 26. The van der Waals surface area contributed by atoms with Crippen molar-refractivity contribution in [1.29, 1.82) is 0 Å². The lowest BCUT2D eigenvalue weighted by atomic mass is 9.93. The third-order valence-electron chi connectivity index (χ3n) is 13.0. The van der Waals surface area contributed by atoms with Crippen molar-refractivity contribution in [3.63, 3.8) is 0 Å². The number of unbranched alkanes of at least 4 members (excludes halogenated alkanes) is 5. The van der Waals surface area contributed by atoms with Gasteiger partial charge in [-0.2, -0.15) is 0 Å². The fourth-order valence-electron chi connectivity index (χ4n) is 9.18. The van der Waals surface area contributed by atoms with Crippen molar-refractivity contribution in [2.45, 2.75) is 195 Å². The van der Waals surface area contributed by atoms with Gasteiger partial charge in [0.15, 0.2) is 37.5 Å². The maximum atomic E-state index is 13.8. The predicted molar refractivity (Wildman–Crippen MR) is 263 cm³/mol. The van der Waals surface area contributed by atoms with Crippen molar-refractivity contribution in [1.82, 2.24) is 21.3 Å². The Morgan fingerprint density at radius 3 is 1.63 bits per heavy atom. The Balaban J connectivity index is 1.34. The third kappa shape index (κ3) is 18.0. The monoisotopic (exact) mass is 1140 g/mol. The van der Waals surface area contributed by atoms with Gasteiger partial charge in [-0.3, -0.25) is 23.4 Å². The average molecular weight is 1140 g/mol. The van der Waals surface area contributed by atoms with E-state index >= 15 is 0 Å². The molecule has 0 spiro atoms. The molecule has 0 radical (unpaired) electrons. The third-order valence-corrected chi connectivity index (χ3v) is 13.3. The van der Waals surface area contributed by atoms with Gasteiger partial charge in [0.05, 0.1) is 33.0 Å². The first-order valence-electron chi connectivity index (χ1n) is 25.4. The molecule has 4 fully saturated rings. The van der Waals surface area contributed by atoms with Gasteiger partial charge in [0.1, 0.15) is 103 Å². The van der Waals surface area contributed by atoms with Crippen LogP contribution in [0.5, 0.6) is 5.75 Å². The minimum Gasteiger partial charge on any atom is -0.494 e. The first-order chi connectivity index (χ1) is 37.4. The molecule has 20 atom stereocenters. The molecule has 30 heteroatoms. The standard InChI is InChI=1S/C48H74N4O25S/c1-5-6-7-8-9-10-11-12-13-17-67-27-16-14-15-26(18-27)44(64)52-33-37(60)36(59)28(19-53)70-46(33)73-41-29(20-54)71-47(34(39(41)62)50-24(3)57)74-42-30(21-55)72-48(35(40(42)63)51-25(4)58)75-43-31(22-68-78-77-76-66)69-45(65)32(38(43)61)49-23(2)56/h14-16,18,28-43,45-48,53-55,59-63,65-66H,5-9,12-13,17,19-22H2,1-4H3,(H,49,56)(H,50,57)(H,51,58)(H,52,64)/t28?,29-,30?,31-,32?,33-,34?,35-,36+,37+,38?,39?,40+,41+,42?,43+,45?,46?,47?,48-/m0/s1. The number of aliphatic hydroxyl groups excluding tert-OH is 9. The summed E-state index contributed by atoms with van der Waals surface area (Å²) in [5, 5.41) is 122. The van der Waals surface area contributed by atoms with Gasteiger partial charge in [-0.25, -0.2) is 5.26 Å². The lowest BCUT2D eigenvalue weighted by Crippen LogP contribution is -2.71. The van der Waals surface area contributed by atoms with Gasteiger partial charge < -0.3 is 105 Å². The lowest BCUT2D eigenvalue weighted by Gasteiger charge is -2.51. The number of rotatable bonds is 27. The molecule has 78 heavy (non-hydrogen) atoms. The Morgan fingerprint density at radius 2 is 1.10 bits per heavy atom. The maximum Gasteiger partial charge on any atom is 0.251 e. The fourth-order valence-corrected chi connectivity index (χ4v) is 9.43. The highest BCUT2D eigenvalue weighted by atomic mass is 32.2. The lowest BCUT2D eigenvalue weighted by molar-refractivity contribution is -0.434. The predicted octanol–water partition coefficient (Wildman–Crippen LogP) is -3.74. The van der Waals surface area contributed by atoms with Crippen molar-refractivity contribution in [3.8, 4) is 17.6 Å². The molecular weight excluding hydrogens is 1060 g/mol. The SMILES string of the molecule is CCCCCCC#CCCCOc1cccc(C(=O)N[C@@H]2C(O[C@H]3C(O)C(NC(C)=O)C(OC4C(CO)O[C@@H](O[C@H]5C(O)C(NC(C)=O)C(O)O[C@H]5COSOOO)[C@@H](NC(C)=O)[C@H]4O)O[C@H]3CO)OC(CO)[C@@H](O)[C@@H]2O)c1. The number of amides is 4. The number of carbonyl (C=O) groups excluding carboxylic acids is 4. The molecule has 4 aliphatic rings. The van der Waals surface area contributed by atoms with E-state index in [2.05, 4.69) is 49.4 Å². The fraction of sp³-hybridized carbons (Fsp3) is 0.750. The molecule has 0 bridgehead atoms. The van der Waals surface area contributed by atoms with Crippen LogP contribution in [-0.4, -0.2) is 230 Å². The zero-order chi connectivity index (χ0) is 57.1. The summed E-state index contributed by atoms with van der Waals surface area (Å²) in [4.78, 5) is 51.2. The highest BCUT2D eigenvalue weighted by Gasteiger charge is 2.56. The van der Waals surface area contributed by atoms with Crippen molar-refractivity contribution in [2.75, 3.05) is 33.0 Å². The Morgan fingerprint density at radius 1 is 0.603 bits per heavy atom. The van der Waals surface area contributed by atoms with Gasteiger partial charge in [0.2, 0.25) is 17.7 Å². The van der Waals surface area contributed by atoms with E-state index in [9.17, 15) is 65.1 Å². The topological polar surface area (TPSA) is 420 Å². The summed E-state index contributed by atoms with van der Waals surface area (Å²) in [5.74, 6) is 3.60. The van der Waals surface area contributed by atoms with Crippen LogP contribution < -0.4 is 26.0 Å². The maximum absolute atomic E-state index is 13.8. The van der Waals surface area contributed by atoms with Crippen LogP contribution >= 0.6 is 12.3 Å². The second kappa shape index (κ2) is 32.5. The van der Waals surface area contributed by atoms with E-state index in [0.717, 1.165) is 46.5 Å². The highest BCUT2D eigenvalue weighted by molar-refractivity contribution is 7.89. The van der Waals surface area contributed by atoms with E-state index in [-0.39, 0.29) is 17.9 Å². The molecule has 0 saturated carbocycles. The molecule has 4 heterocycles. The normalized spacial score (nSPS) is 34.9. The molecule has 442 valence electrons. The van der Waals surface area contributed by atoms with E-state index in [0.29, 0.717) is 25.2 Å². The van der Waals surface area contributed by atoms with Gasteiger partial charge in [0.25, 0.3) is 5.91 Å². The smallest absolute Gasteiger partial charge is 0.251 e. The average Bonchev–Trinajstić information content (AvgIpc) is 3.42. The molecule has 0 aromatic heterocycles. The van der Waals surface area contributed by atoms with Crippen LogP contribution in [-0.2, 0) is 61.1 Å². The van der Waals surface area contributed by atoms with Crippen molar-refractivity contribution in [2.24, 2.45) is 0 Å². The van der Waals surface area contributed by atoms with E-state index < -0.39 is 173 Å². The second-order valence-corrected chi connectivity index (χ2v) is 19.3. The van der Waals surface area contributed by atoms with Crippen LogP contribution in [0.4, 0.5) is 0 Å². The quantitative estimate of drug-likeness (QED) is 0.0132. The summed E-state index contributed by atoms with van der Waals surface area (Å²) in [5.41, 5.74) is 0.0588. The molecule has 10 unspecified atom stereocenters. The molecule has 1 aromatic rings. The molecule has 4 saturated heterocycles. The van der Waals surface area contributed by atoms with Gasteiger partial charge in [-0.15, -0.1) is 16.2 Å². The van der Waals surface area contributed by atoms with Crippen molar-refractivity contribution >= 4 is 36.0 Å². The number of carbonyl (C=O) groups is 4. The Hall–Kier alpha value is -3.99. The van der Waals surface area contributed by atoms with Crippen LogP contribution in [0.1, 0.15) is 83.0 Å². The summed E-state index contributed by atoms with van der Waals surface area (Å²) in [6, 6.07) is -0.421. The van der Waals surface area contributed by atoms with Gasteiger partial charge in [0, 0.05) is 39.2 Å². The summed E-state index contributed by atoms with van der Waals surface area (Å²) >= 11 is 0.107. The van der Waals surface area contributed by atoms with Crippen LogP contribution in [0.3, 0.4) is 0 Å². The Bertz CT molecular complexity index is 2100. The zero-order valence-electron chi connectivity index (χ0n) is 43.3. The minimum absolute atomic E-state index is 0.0588. The first kappa shape index (κ1) is 64.8. The van der Waals surface area contributed by atoms with Crippen LogP contribution in [0, 0.1) is 11.8 Å². The molecule has 4 amide bonds. The van der Waals surface area contributed by atoms with Crippen molar-refractivity contribution < 1.29 is 122 Å². The first-order valence-corrected chi connectivity index (χ1v) is 26.1. The number of benzene rings is 1. The van der Waals surface area contributed by atoms with Crippen LogP contribution in [0.2, 0.25) is 0 Å². The van der Waals surface area contributed by atoms with Gasteiger partial charge >= 0.3 is 0 Å². The number of nitrogens with one attached hydrogen (secondary N) is 4. The van der Waals surface area contributed by atoms with E-state index in [1.54, 1.807) is 12.1 Å². The number of hydrogen-bond donors (Lipinski definition) is 14. The molecular formula is C48H74N4O25S. The number of aliphatic hydroxyl groups is 9. The van der Waals surface area contributed by atoms with Crippen LogP contribution in [0.25, 0.3) is 0 Å². The second-order valence-electron chi connectivity index (χ2n) is 18.8. The summed E-state index contributed by atoms with van der Waals surface area (Å²) in [6.07, 6.45) is -21.6. The molecule has 5 rings (SSSR count). The summed E-state index contributed by atoms with van der Waals surface area (Å²) in [6.45, 7) is 2.30. The van der Waals surface area contributed by atoms with E-state index in [4.69, 9.17) is 47.3 Å². The largest absolute Gasteiger partial charge is 0.494 e. The molecule has 0 aliphatic carbocycles. The Kier molecular flexibility index (Phi) is 27.0. The summed E-state index contributed by atoms with van der Waals surface area (Å²) < 4.78 is 57.1. The van der Waals surface area contributed by atoms with Crippen LogP contribution in [0.15, 0.2) is 24.3 Å². The molecule has 4 aliphatic heterocycles. The Labute approximate surface area is 453 Å². The zero-order valence-corrected chi connectivity index (χ0v) is 44.2. The van der Waals surface area contributed by atoms with E-state index in [1.165, 1.54) is 18.6 Å². The molecule has 14 N–H and O–H groups in total. The van der Waals surface area contributed by atoms with Gasteiger partial charge in [-0.1, -0.05) is 37.3 Å². The molecule has 1 aromatic carbocycles. The van der Waals surface area contributed by atoms with Crippen molar-refractivity contribution in [3.05, 3.63) is 29.8 Å². The minimum atomic E-state index is -1.96.